The van der Waals surface area contributed by atoms with Gasteiger partial charge in [0.15, 0.2) is 5.75 Å². The zero-order valence-corrected chi connectivity index (χ0v) is 16.2. The Kier molecular flexibility index (Phi) is 6.14. The van der Waals surface area contributed by atoms with Gasteiger partial charge in [-0.25, -0.2) is 4.79 Å². The minimum atomic E-state index is -4.75. The lowest BCUT2D eigenvalue weighted by atomic mass is 10.1. The Balaban J connectivity index is 2.27. The Labute approximate surface area is 165 Å². The summed E-state index contributed by atoms with van der Waals surface area (Å²) in [5, 5.41) is 12.6. The van der Waals surface area contributed by atoms with Crippen LogP contribution < -0.4 is 10.1 Å². The molecule has 0 atom stereocenters. The summed E-state index contributed by atoms with van der Waals surface area (Å²) in [6.45, 7) is 0. The summed E-state index contributed by atoms with van der Waals surface area (Å²) >= 11 is 11.6. The zero-order valence-electron chi connectivity index (χ0n) is 12.2. The quantitative estimate of drug-likeness (QED) is 0.377. The van der Waals surface area contributed by atoms with E-state index in [1.54, 1.807) is 0 Å². The first-order valence-corrected chi connectivity index (χ1v) is 8.44. The van der Waals surface area contributed by atoms with Gasteiger partial charge in [0.25, 0.3) is 5.69 Å². The number of carbonyl (C=O) groups excluding carboxylic acids is 1. The Morgan fingerprint density at radius 3 is 2.27 bits per heavy atom. The number of nitro groups is 1. The van der Waals surface area contributed by atoms with E-state index in [1.807, 2.05) is 5.32 Å². The summed E-state index contributed by atoms with van der Waals surface area (Å²) < 4.78 is 44.1. The Hall–Kier alpha value is -1.85. The molecular formula is C14H6Br2ClF3N2O4. The van der Waals surface area contributed by atoms with Gasteiger partial charge in [0, 0.05) is 17.2 Å². The highest BCUT2D eigenvalue weighted by molar-refractivity contribution is 9.11. The van der Waals surface area contributed by atoms with E-state index in [9.17, 15) is 28.1 Å². The first kappa shape index (κ1) is 20.5. The molecule has 26 heavy (non-hydrogen) atoms. The largest absolute Gasteiger partial charge is 0.418 e. The van der Waals surface area contributed by atoms with E-state index in [4.69, 9.17) is 16.3 Å². The van der Waals surface area contributed by atoms with Crippen molar-refractivity contribution in [3.63, 3.8) is 0 Å². The number of nitrogens with zero attached hydrogens (tertiary/aromatic N) is 1. The number of hydrogen-bond acceptors (Lipinski definition) is 4. The molecule has 0 aliphatic carbocycles. The van der Waals surface area contributed by atoms with Gasteiger partial charge in [-0.3, -0.25) is 15.4 Å². The average Bonchev–Trinajstić information content (AvgIpc) is 2.51. The van der Waals surface area contributed by atoms with Crippen LogP contribution in [-0.2, 0) is 6.18 Å². The fourth-order valence-electron chi connectivity index (χ4n) is 1.84. The molecular weight excluding hydrogens is 512 g/mol. The van der Waals surface area contributed by atoms with Crippen LogP contribution in [-0.4, -0.2) is 11.0 Å². The molecule has 1 N–H and O–H groups in total. The second kappa shape index (κ2) is 7.80. The van der Waals surface area contributed by atoms with Crippen LogP contribution in [0.2, 0.25) is 5.02 Å². The normalized spacial score (nSPS) is 11.2. The number of halogens is 6. The number of nitro benzene ring substituents is 1. The van der Waals surface area contributed by atoms with Gasteiger partial charge in [-0.15, -0.1) is 0 Å². The van der Waals surface area contributed by atoms with Crippen molar-refractivity contribution in [3.8, 4) is 5.75 Å². The van der Waals surface area contributed by atoms with Crippen LogP contribution in [0.15, 0.2) is 39.3 Å². The van der Waals surface area contributed by atoms with E-state index in [-0.39, 0.29) is 25.4 Å². The summed E-state index contributed by atoms with van der Waals surface area (Å²) in [5.74, 6) is -0.143. The second-order valence-corrected chi connectivity index (χ2v) is 6.84. The van der Waals surface area contributed by atoms with E-state index in [2.05, 4.69) is 31.9 Å². The predicted molar refractivity (Wildman–Crippen MR) is 94.6 cm³/mol. The lowest BCUT2D eigenvalue weighted by Gasteiger charge is -2.15. The number of benzene rings is 2. The van der Waals surface area contributed by atoms with Crippen molar-refractivity contribution in [2.75, 3.05) is 5.32 Å². The van der Waals surface area contributed by atoms with E-state index < -0.39 is 28.4 Å². The molecule has 0 heterocycles. The number of anilines is 1. The fraction of sp³-hybridized carbons (Fsp3) is 0.0714. The monoisotopic (exact) mass is 516 g/mol. The molecule has 0 unspecified atom stereocenters. The molecule has 0 radical (unpaired) electrons. The van der Waals surface area contributed by atoms with E-state index >= 15 is 0 Å². The Morgan fingerprint density at radius 1 is 1.19 bits per heavy atom. The smallest absolute Gasteiger partial charge is 0.408 e. The lowest BCUT2D eigenvalue weighted by molar-refractivity contribution is -0.385. The van der Waals surface area contributed by atoms with Crippen LogP contribution in [0.4, 0.5) is 29.3 Å². The number of carbonyl (C=O) groups is 1. The highest BCUT2D eigenvalue weighted by atomic mass is 79.9. The summed E-state index contributed by atoms with van der Waals surface area (Å²) in [6, 6.07) is 4.97. The third kappa shape index (κ3) is 4.86. The maximum atomic E-state index is 13.0. The van der Waals surface area contributed by atoms with Gasteiger partial charge >= 0.3 is 12.3 Å². The van der Waals surface area contributed by atoms with Crippen molar-refractivity contribution < 1.29 is 27.6 Å². The Morgan fingerprint density at radius 2 is 1.77 bits per heavy atom. The van der Waals surface area contributed by atoms with Gasteiger partial charge in [0.2, 0.25) is 0 Å². The maximum absolute atomic E-state index is 13.0. The number of hydrogen-bond donors (Lipinski definition) is 1. The van der Waals surface area contributed by atoms with Gasteiger partial charge in [0.1, 0.15) is 0 Å². The number of nitrogens with one attached hydrogen (secondary N) is 1. The molecule has 1 amide bonds. The molecule has 0 saturated heterocycles. The molecule has 0 aliphatic heterocycles. The Bertz CT molecular complexity index is 870. The molecule has 2 aromatic rings. The SMILES string of the molecule is O=C(Nc1ccc(Cl)cc1C(F)(F)F)Oc1c(Br)cc([N+](=O)[O-])cc1Br. The van der Waals surface area contributed by atoms with Crippen molar-refractivity contribution in [2.24, 2.45) is 0 Å². The molecule has 138 valence electrons. The van der Waals surface area contributed by atoms with Crippen LogP contribution >= 0.6 is 43.5 Å². The minimum Gasteiger partial charge on any atom is -0.408 e. The maximum Gasteiger partial charge on any atom is 0.418 e. The molecule has 2 aromatic carbocycles. The molecule has 2 rings (SSSR count). The average molecular weight is 518 g/mol. The molecule has 6 nitrogen and oxygen atoms in total. The molecule has 12 heteroatoms. The third-order valence-electron chi connectivity index (χ3n) is 2.91. The van der Waals surface area contributed by atoms with Crippen molar-refractivity contribution >= 4 is 60.9 Å². The van der Waals surface area contributed by atoms with Gasteiger partial charge < -0.3 is 4.74 Å². The molecule has 0 aliphatic rings. The van der Waals surface area contributed by atoms with Crippen LogP contribution in [0, 0.1) is 10.1 Å². The van der Waals surface area contributed by atoms with Crippen LogP contribution in [0.3, 0.4) is 0 Å². The number of rotatable bonds is 3. The molecule has 0 bridgehead atoms. The van der Waals surface area contributed by atoms with Gasteiger partial charge in [-0.05, 0) is 50.1 Å². The summed E-state index contributed by atoms with van der Waals surface area (Å²) in [7, 11) is 0. The lowest BCUT2D eigenvalue weighted by Crippen LogP contribution is -2.20. The predicted octanol–water partition coefficient (Wildman–Crippen LogP) is 6.40. The highest BCUT2D eigenvalue weighted by Gasteiger charge is 2.34. The standard InChI is InChI=1S/C14H6Br2ClF3N2O4/c15-9-4-7(22(24)25)5-10(16)12(9)26-13(23)21-11-2-1-6(17)3-8(11)14(18,19)20/h1-5H,(H,21,23). The molecule has 0 fully saturated rings. The van der Waals surface area contributed by atoms with E-state index in [1.165, 1.54) is 6.07 Å². The second-order valence-electron chi connectivity index (χ2n) is 4.70. The van der Waals surface area contributed by atoms with Crippen LogP contribution in [0.1, 0.15) is 5.56 Å². The molecule has 0 spiro atoms. The van der Waals surface area contributed by atoms with Crippen molar-refractivity contribution in [1.82, 2.24) is 0 Å². The topological polar surface area (TPSA) is 81.5 Å². The third-order valence-corrected chi connectivity index (χ3v) is 4.33. The van der Waals surface area contributed by atoms with Crippen LogP contribution in [0.5, 0.6) is 5.75 Å². The van der Waals surface area contributed by atoms with E-state index in [0.29, 0.717) is 6.07 Å². The number of amides is 1. The fourth-order valence-corrected chi connectivity index (χ4v) is 3.33. The summed E-state index contributed by atoms with van der Waals surface area (Å²) in [6.07, 6.45) is -5.98. The summed E-state index contributed by atoms with van der Waals surface area (Å²) in [5.41, 5.74) is -1.99. The van der Waals surface area contributed by atoms with Crippen molar-refractivity contribution in [1.29, 1.82) is 0 Å². The molecule has 0 saturated carbocycles. The first-order valence-electron chi connectivity index (χ1n) is 6.48. The van der Waals surface area contributed by atoms with Crippen molar-refractivity contribution in [3.05, 3.63) is 60.0 Å². The van der Waals surface area contributed by atoms with Crippen LogP contribution in [0.25, 0.3) is 0 Å². The molecule has 0 aromatic heterocycles. The highest BCUT2D eigenvalue weighted by Crippen LogP contribution is 2.39. The number of alkyl halides is 3. The van der Waals surface area contributed by atoms with Gasteiger partial charge in [-0.2, -0.15) is 13.2 Å². The number of ether oxygens (including phenoxy) is 1. The van der Waals surface area contributed by atoms with Gasteiger partial charge in [0.05, 0.1) is 25.1 Å². The zero-order chi connectivity index (χ0) is 19.6. The number of non-ortho nitro benzene ring substituents is 1. The summed E-state index contributed by atoms with van der Waals surface area (Å²) in [4.78, 5) is 22.1. The minimum absolute atomic E-state index is 0.0564. The van der Waals surface area contributed by atoms with Gasteiger partial charge in [-0.1, -0.05) is 11.6 Å². The van der Waals surface area contributed by atoms with E-state index in [0.717, 1.165) is 18.2 Å². The first-order chi connectivity index (χ1) is 12.0. The van der Waals surface area contributed by atoms with Crippen molar-refractivity contribution in [2.45, 2.75) is 6.18 Å².